The Balaban J connectivity index is 1.48. The Labute approximate surface area is 150 Å². The summed E-state index contributed by atoms with van der Waals surface area (Å²) >= 11 is 0. The SMILES string of the molecule is CN(C[C@@H]1Cc2ccccc2CN1C)C(=O)COCc1ccccc1. The average molecular weight is 338 g/mol. The number of ether oxygens (including phenoxy) is 1. The fraction of sp³-hybridized carbons (Fsp3) is 0.381. The molecule has 132 valence electrons. The molecular formula is C21H26N2O2. The van der Waals surface area contributed by atoms with Gasteiger partial charge < -0.3 is 9.64 Å². The van der Waals surface area contributed by atoms with Crippen LogP contribution in [0.3, 0.4) is 0 Å². The molecule has 0 N–H and O–H groups in total. The van der Waals surface area contributed by atoms with Gasteiger partial charge in [-0.1, -0.05) is 54.6 Å². The standard InChI is InChI=1S/C21H26N2O2/c1-22-13-19-11-7-6-10-18(19)12-20(22)14-23(2)21(24)16-25-15-17-8-4-3-5-9-17/h3-11,20H,12-16H2,1-2H3/t20-/m0/s1. The Kier molecular flexibility index (Phi) is 5.84. The van der Waals surface area contributed by atoms with Gasteiger partial charge in [-0.15, -0.1) is 0 Å². The van der Waals surface area contributed by atoms with Crippen LogP contribution in [0.4, 0.5) is 0 Å². The Morgan fingerprint density at radius 3 is 2.56 bits per heavy atom. The number of nitrogens with zero attached hydrogens (tertiary/aromatic N) is 2. The molecule has 1 atom stereocenters. The minimum absolute atomic E-state index is 0.0307. The molecule has 4 heteroatoms. The molecule has 4 nitrogen and oxygen atoms in total. The van der Waals surface area contributed by atoms with Crippen molar-refractivity contribution < 1.29 is 9.53 Å². The summed E-state index contributed by atoms with van der Waals surface area (Å²) in [5.41, 5.74) is 3.87. The van der Waals surface area contributed by atoms with Crippen molar-refractivity contribution in [3.63, 3.8) is 0 Å². The van der Waals surface area contributed by atoms with Crippen molar-refractivity contribution in [1.29, 1.82) is 0 Å². The molecule has 0 saturated heterocycles. The summed E-state index contributed by atoms with van der Waals surface area (Å²) in [6, 6.07) is 18.8. The van der Waals surface area contributed by atoms with Crippen LogP contribution in [0.2, 0.25) is 0 Å². The highest BCUT2D eigenvalue weighted by molar-refractivity contribution is 5.77. The molecule has 0 aliphatic carbocycles. The van der Waals surface area contributed by atoms with Crippen LogP contribution in [0, 0.1) is 0 Å². The van der Waals surface area contributed by atoms with E-state index in [0.29, 0.717) is 12.6 Å². The number of fused-ring (bicyclic) bond motifs is 1. The van der Waals surface area contributed by atoms with Crippen LogP contribution in [0.25, 0.3) is 0 Å². The summed E-state index contributed by atoms with van der Waals surface area (Å²) in [7, 11) is 3.99. The highest BCUT2D eigenvalue weighted by Crippen LogP contribution is 2.22. The molecule has 1 heterocycles. The maximum absolute atomic E-state index is 12.3. The van der Waals surface area contributed by atoms with E-state index in [1.165, 1.54) is 11.1 Å². The highest BCUT2D eigenvalue weighted by atomic mass is 16.5. The molecule has 0 bridgehead atoms. The van der Waals surface area contributed by atoms with Gasteiger partial charge in [0.15, 0.2) is 0 Å². The number of carbonyl (C=O) groups excluding carboxylic acids is 1. The monoisotopic (exact) mass is 338 g/mol. The summed E-state index contributed by atoms with van der Waals surface area (Å²) in [4.78, 5) is 16.5. The molecule has 0 radical (unpaired) electrons. The second-order valence-corrected chi connectivity index (χ2v) is 6.79. The van der Waals surface area contributed by atoms with Gasteiger partial charge in [-0.25, -0.2) is 0 Å². The molecule has 0 saturated carbocycles. The fourth-order valence-corrected chi connectivity index (χ4v) is 3.28. The minimum Gasteiger partial charge on any atom is -0.367 e. The summed E-state index contributed by atoms with van der Waals surface area (Å²) in [5.74, 6) is 0.0307. The first-order chi connectivity index (χ1) is 12.1. The summed E-state index contributed by atoms with van der Waals surface area (Å²) in [6.07, 6.45) is 0.981. The zero-order valence-electron chi connectivity index (χ0n) is 15.0. The molecule has 0 aromatic heterocycles. The van der Waals surface area contributed by atoms with E-state index in [-0.39, 0.29) is 12.5 Å². The van der Waals surface area contributed by atoms with E-state index in [9.17, 15) is 4.79 Å². The molecule has 0 spiro atoms. The third-order valence-electron chi connectivity index (χ3n) is 4.86. The van der Waals surface area contributed by atoms with Crippen LogP contribution in [-0.4, -0.2) is 49.0 Å². The predicted octanol–water partition coefficient (Wildman–Crippen LogP) is 2.72. The Bertz CT molecular complexity index is 702. The maximum atomic E-state index is 12.3. The fourth-order valence-electron chi connectivity index (χ4n) is 3.28. The minimum atomic E-state index is 0.0307. The number of amides is 1. The number of likely N-dealkylation sites (N-methyl/N-ethyl adjacent to an activating group) is 2. The van der Waals surface area contributed by atoms with E-state index in [1.54, 1.807) is 4.90 Å². The summed E-state index contributed by atoms with van der Waals surface area (Å²) < 4.78 is 5.57. The number of carbonyl (C=O) groups is 1. The van der Waals surface area contributed by atoms with Gasteiger partial charge in [0.05, 0.1) is 6.61 Å². The van der Waals surface area contributed by atoms with Gasteiger partial charge in [0.1, 0.15) is 6.61 Å². The van der Waals surface area contributed by atoms with E-state index >= 15 is 0 Å². The van der Waals surface area contributed by atoms with E-state index in [4.69, 9.17) is 4.74 Å². The van der Waals surface area contributed by atoms with Gasteiger partial charge >= 0.3 is 0 Å². The molecule has 1 aliphatic rings. The van der Waals surface area contributed by atoms with Crippen molar-refractivity contribution in [2.24, 2.45) is 0 Å². The molecule has 0 fully saturated rings. The largest absolute Gasteiger partial charge is 0.367 e. The van der Waals surface area contributed by atoms with E-state index < -0.39 is 0 Å². The topological polar surface area (TPSA) is 32.8 Å². The third kappa shape index (κ3) is 4.68. The lowest BCUT2D eigenvalue weighted by Crippen LogP contribution is -2.46. The Hall–Kier alpha value is -2.17. The number of hydrogen-bond acceptors (Lipinski definition) is 3. The lowest BCUT2D eigenvalue weighted by atomic mass is 9.94. The van der Waals surface area contributed by atoms with Gasteiger partial charge in [0.25, 0.3) is 0 Å². The molecule has 3 rings (SSSR count). The lowest BCUT2D eigenvalue weighted by molar-refractivity contribution is -0.136. The smallest absolute Gasteiger partial charge is 0.248 e. The second-order valence-electron chi connectivity index (χ2n) is 6.79. The first-order valence-corrected chi connectivity index (χ1v) is 8.76. The summed E-state index contributed by atoms with van der Waals surface area (Å²) in [6.45, 7) is 2.25. The first kappa shape index (κ1) is 17.6. The quantitative estimate of drug-likeness (QED) is 0.812. The number of rotatable bonds is 6. The third-order valence-corrected chi connectivity index (χ3v) is 4.86. The van der Waals surface area contributed by atoms with E-state index in [1.807, 2.05) is 37.4 Å². The normalized spacial score (nSPS) is 17.1. The lowest BCUT2D eigenvalue weighted by Gasteiger charge is -2.36. The highest BCUT2D eigenvalue weighted by Gasteiger charge is 2.25. The van der Waals surface area contributed by atoms with Crippen LogP contribution >= 0.6 is 0 Å². The maximum Gasteiger partial charge on any atom is 0.248 e. The molecule has 25 heavy (non-hydrogen) atoms. The first-order valence-electron chi connectivity index (χ1n) is 8.76. The van der Waals surface area contributed by atoms with Crippen LogP contribution < -0.4 is 0 Å². The van der Waals surface area contributed by atoms with Crippen molar-refractivity contribution in [2.45, 2.75) is 25.6 Å². The van der Waals surface area contributed by atoms with Crippen molar-refractivity contribution >= 4 is 5.91 Å². The zero-order valence-corrected chi connectivity index (χ0v) is 15.0. The Morgan fingerprint density at radius 2 is 1.80 bits per heavy atom. The molecule has 2 aromatic carbocycles. The van der Waals surface area contributed by atoms with Gasteiger partial charge in [-0.2, -0.15) is 0 Å². The second kappa shape index (κ2) is 8.28. The molecule has 1 aliphatic heterocycles. The van der Waals surface area contributed by atoms with E-state index in [2.05, 4.69) is 36.2 Å². The van der Waals surface area contributed by atoms with E-state index in [0.717, 1.165) is 25.1 Å². The molecular weight excluding hydrogens is 312 g/mol. The van der Waals surface area contributed by atoms with Crippen molar-refractivity contribution in [1.82, 2.24) is 9.80 Å². The number of benzene rings is 2. The van der Waals surface area contributed by atoms with Gasteiger partial charge in [-0.3, -0.25) is 9.69 Å². The number of hydrogen-bond donors (Lipinski definition) is 0. The van der Waals surface area contributed by atoms with Crippen LogP contribution in [0.5, 0.6) is 0 Å². The van der Waals surface area contributed by atoms with Gasteiger partial charge in [0, 0.05) is 26.2 Å². The van der Waals surface area contributed by atoms with Crippen LogP contribution in [0.15, 0.2) is 54.6 Å². The Morgan fingerprint density at radius 1 is 1.12 bits per heavy atom. The zero-order chi connectivity index (χ0) is 17.6. The van der Waals surface area contributed by atoms with Crippen molar-refractivity contribution in [2.75, 3.05) is 27.2 Å². The van der Waals surface area contributed by atoms with Crippen molar-refractivity contribution in [3.8, 4) is 0 Å². The molecule has 1 amide bonds. The molecule has 0 unspecified atom stereocenters. The van der Waals surface area contributed by atoms with Crippen LogP contribution in [-0.2, 0) is 29.1 Å². The van der Waals surface area contributed by atoms with Crippen LogP contribution in [0.1, 0.15) is 16.7 Å². The van der Waals surface area contributed by atoms with Gasteiger partial charge in [-0.05, 0) is 30.2 Å². The average Bonchev–Trinajstić information content (AvgIpc) is 2.63. The molecule has 2 aromatic rings. The summed E-state index contributed by atoms with van der Waals surface area (Å²) in [5, 5.41) is 0. The van der Waals surface area contributed by atoms with Gasteiger partial charge in [0.2, 0.25) is 5.91 Å². The predicted molar refractivity (Wildman–Crippen MR) is 99.1 cm³/mol. The van der Waals surface area contributed by atoms with Crippen molar-refractivity contribution in [3.05, 3.63) is 71.3 Å².